The number of likely N-dealkylation sites (N-methyl/N-ethyl adjacent to an activating group) is 1. The average molecular weight is 276 g/mol. The van der Waals surface area contributed by atoms with Crippen molar-refractivity contribution < 1.29 is 4.74 Å². The Morgan fingerprint density at radius 1 is 1.35 bits per heavy atom. The molecule has 3 nitrogen and oxygen atoms in total. The standard InChI is InChI=1S/C17H28N2O/c1-4-11-18-17-15-8-6-5-7-14(15)9-10-16(17)19(2)12-13-20-3/h5-8,16-18H,4,9-13H2,1-3H3. The summed E-state index contributed by atoms with van der Waals surface area (Å²) in [5.41, 5.74) is 3.00. The first kappa shape index (κ1) is 15.5. The molecule has 0 bridgehead atoms. The van der Waals surface area contributed by atoms with Gasteiger partial charge in [0.2, 0.25) is 0 Å². The van der Waals surface area contributed by atoms with Crippen LogP contribution >= 0.6 is 0 Å². The molecule has 20 heavy (non-hydrogen) atoms. The van der Waals surface area contributed by atoms with Crippen LogP contribution in [0.4, 0.5) is 0 Å². The number of ether oxygens (including phenoxy) is 1. The monoisotopic (exact) mass is 276 g/mol. The number of methoxy groups -OCH3 is 1. The van der Waals surface area contributed by atoms with Crippen LogP contribution in [-0.2, 0) is 11.2 Å². The molecule has 1 aliphatic rings. The molecule has 0 amide bonds. The van der Waals surface area contributed by atoms with E-state index in [1.54, 1.807) is 7.11 Å². The molecule has 0 spiro atoms. The molecule has 1 aliphatic carbocycles. The topological polar surface area (TPSA) is 24.5 Å². The number of nitrogens with one attached hydrogen (secondary N) is 1. The van der Waals surface area contributed by atoms with Gasteiger partial charge in [0.1, 0.15) is 0 Å². The van der Waals surface area contributed by atoms with Crippen molar-refractivity contribution in [2.75, 3.05) is 33.9 Å². The summed E-state index contributed by atoms with van der Waals surface area (Å²) < 4.78 is 5.23. The van der Waals surface area contributed by atoms with Gasteiger partial charge in [-0.15, -0.1) is 0 Å². The van der Waals surface area contributed by atoms with E-state index >= 15 is 0 Å². The van der Waals surface area contributed by atoms with Gasteiger partial charge in [-0.25, -0.2) is 0 Å². The quantitative estimate of drug-likeness (QED) is 0.828. The third-order valence-corrected chi connectivity index (χ3v) is 4.31. The maximum Gasteiger partial charge on any atom is 0.0589 e. The molecular formula is C17H28N2O. The third-order valence-electron chi connectivity index (χ3n) is 4.31. The third kappa shape index (κ3) is 3.60. The molecule has 0 saturated heterocycles. The number of benzene rings is 1. The summed E-state index contributed by atoms with van der Waals surface area (Å²) in [5, 5.41) is 3.75. The highest BCUT2D eigenvalue weighted by molar-refractivity contribution is 5.34. The second-order valence-corrected chi connectivity index (χ2v) is 5.71. The van der Waals surface area contributed by atoms with Crippen molar-refractivity contribution in [2.24, 2.45) is 0 Å². The molecule has 0 heterocycles. The van der Waals surface area contributed by atoms with Crippen LogP contribution in [0.5, 0.6) is 0 Å². The Hall–Kier alpha value is -0.900. The van der Waals surface area contributed by atoms with Gasteiger partial charge in [-0.2, -0.15) is 0 Å². The first-order valence-electron chi connectivity index (χ1n) is 7.78. The van der Waals surface area contributed by atoms with Gasteiger partial charge in [0.15, 0.2) is 0 Å². The molecule has 1 N–H and O–H groups in total. The van der Waals surface area contributed by atoms with Crippen molar-refractivity contribution in [3.63, 3.8) is 0 Å². The van der Waals surface area contributed by atoms with Gasteiger partial charge < -0.3 is 10.1 Å². The fourth-order valence-corrected chi connectivity index (χ4v) is 3.16. The number of hydrogen-bond acceptors (Lipinski definition) is 3. The minimum atomic E-state index is 0.446. The number of nitrogens with zero attached hydrogens (tertiary/aromatic N) is 1. The first-order chi connectivity index (χ1) is 9.77. The van der Waals surface area contributed by atoms with E-state index in [1.807, 2.05) is 0 Å². The molecule has 2 unspecified atom stereocenters. The predicted molar refractivity (Wildman–Crippen MR) is 84.1 cm³/mol. The lowest BCUT2D eigenvalue weighted by Crippen LogP contribution is -2.46. The lowest BCUT2D eigenvalue weighted by molar-refractivity contribution is 0.114. The molecule has 1 aromatic rings. The van der Waals surface area contributed by atoms with E-state index in [9.17, 15) is 0 Å². The van der Waals surface area contributed by atoms with Crippen molar-refractivity contribution in [3.8, 4) is 0 Å². The molecular weight excluding hydrogens is 248 g/mol. The fourth-order valence-electron chi connectivity index (χ4n) is 3.16. The Morgan fingerprint density at radius 3 is 2.90 bits per heavy atom. The van der Waals surface area contributed by atoms with E-state index in [4.69, 9.17) is 4.74 Å². The van der Waals surface area contributed by atoms with Crippen LogP contribution in [0.1, 0.15) is 36.9 Å². The molecule has 3 heteroatoms. The number of aryl methyl sites for hydroxylation is 1. The van der Waals surface area contributed by atoms with Crippen molar-refractivity contribution >= 4 is 0 Å². The highest BCUT2D eigenvalue weighted by Gasteiger charge is 2.31. The molecule has 0 fully saturated rings. The fraction of sp³-hybridized carbons (Fsp3) is 0.647. The minimum absolute atomic E-state index is 0.446. The van der Waals surface area contributed by atoms with Gasteiger partial charge in [-0.05, 0) is 44.0 Å². The summed E-state index contributed by atoms with van der Waals surface area (Å²) in [4.78, 5) is 2.45. The summed E-state index contributed by atoms with van der Waals surface area (Å²) >= 11 is 0. The van der Waals surface area contributed by atoms with E-state index in [-0.39, 0.29) is 0 Å². The number of fused-ring (bicyclic) bond motifs is 1. The van der Waals surface area contributed by atoms with Crippen molar-refractivity contribution in [2.45, 2.75) is 38.3 Å². The predicted octanol–water partition coefficient (Wildman–Crippen LogP) is 2.62. The second kappa shape index (κ2) is 7.77. The number of rotatable bonds is 7. The number of hydrogen-bond donors (Lipinski definition) is 1. The zero-order chi connectivity index (χ0) is 14.4. The van der Waals surface area contributed by atoms with Crippen LogP contribution in [0.3, 0.4) is 0 Å². The van der Waals surface area contributed by atoms with E-state index < -0.39 is 0 Å². The molecule has 1 aromatic carbocycles. The van der Waals surface area contributed by atoms with Crippen LogP contribution in [0.2, 0.25) is 0 Å². The Labute approximate surface area is 123 Å². The molecule has 2 rings (SSSR count). The van der Waals surface area contributed by atoms with Crippen molar-refractivity contribution in [1.82, 2.24) is 10.2 Å². The normalized spacial score (nSPS) is 22.0. The van der Waals surface area contributed by atoms with Crippen LogP contribution in [0.15, 0.2) is 24.3 Å². The summed E-state index contributed by atoms with van der Waals surface area (Å²) in [7, 11) is 4.00. The molecule has 112 valence electrons. The van der Waals surface area contributed by atoms with E-state index in [0.717, 1.165) is 19.7 Å². The zero-order valence-corrected chi connectivity index (χ0v) is 13.1. The molecule has 2 atom stereocenters. The van der Waals surface area contributed by atoms with E-state index in [2.05, 4.69) is 48.5 Å². The molecule has 0 radical (unpaired) electrons. The molecule has 0 aromatic heterocycles. The zero-order valence-electron chi connectivity index (χ0n) is 13.1. The van der Waals surface area contributed by atoms with Gasteiger partial charge in [0.25, 0.3) is 0 Å². The minimum Gasteiger partial charge on any atom is -0.383 e. The Balaban J connectivity index is 2.15. The Morgan fingerprint density at radius 2 is 2.15 bits per heavy atom. The largest absolute Gasteiger partial charge is 0.383 e. The lowest BCUT2D eigenvalue weighted by atomic mass is 9.83. The highest BCUT2D eigenvalue weighted by Crippen LogP contribution is 2.32. The maximum atomic E-state index is 5.23. The summed E-state index contributed by atoms with van der Waals surface area (Å²) in [6.07, 6.45) is 3.58. The van der Waals surface area contributed by atoms with Crippen molar-refractivity contribution in [3.05, 3.63) is 35.4 Å². The van der Waals surface area contributed by atoms with Crippen molar-refractivity contribution in [1.29, 1.82) is 0 Å². The van der Waals surface area contributed by atoms with E-state index in [0.29, 0.717) is 12.1 Å². The van der Waals surface area contributed by atoms with Crippen LogP contribution in [0.25, 0.3) is 0 Å². The first-order valence-corrected chi connectivity index (χ1v) is 7.78. The lowest BCUT2D eigenvalue weighted by Gasteiger charge is -2.39. The Kier molecular flexibility index (Phi) is 6.02. The highest BCUT2D eigenvalue weighted by atomic mass is 16.5. The van der Waals surface area contributed by atoms with Crippen LogP contribution in [-0.4, -0.2) is 44.8 Å². The van der Waals surface area contributed by atoms with Crippen LogP contribution < -0.4 is 5.32 Å². The second-order valence-electron chi connectivity index (χ2n) is 5.71. The maximum absolute atomic E-state index is 5.23. The van der Waals surface area contributed by atoms with Gasteiger partial charge in [-0.3, -0.25) is 4.90 Å². The van der Waals surface area contributed by atoms with Gasteiger partial charge >= 0.3 is 0 Å². The molecule has 0 aliphatic heterocycles. The summed E-state index contributed by atoms with van der Waals surface area (Å²) in [6, 6.07) is 9.90. The Bertz CT molecular complexity index is 408. The van der Waals surface area contributed by atoms with Crippen LogP contribution in [0, 0.1) is 0 Å². The van der Waals surface area contributed by atoms with E-state index in [1.165, 1.54) is 30.4 Å². The smallest absolute Gasteiger partial charge is 0.0589 e. The average Bonchev–Trinajstić information content (AvgIpc) is 2.50. The summed E-state index contributed by atoms with van der Waals surface area (Å²) in [5.74, 6) is 0. The molecule has 0 saturated carbocycles. The van der Waals surface area contributed by atoms with Gasteiger partial charge in [-0.1, -0.05) is 31.2 Å². The summed E-state index contributed by atoms with van der Waals surface area (Å²) in [6.45, 7) is 5.10. The van der Waals surface area contributed by atoms with Gasteiger partial charge in [0, 0.05) is 25.7 Å². The SMILES string of the molecule is CCCNC1c2ccccc2CCC1N(C)CCOC. The van der Waals surface area contributed by atoms with Gasteiger partial charge in [0.05, 0.1) is 6.61 Å².